The Morgan fingerprint density at radius 1 is 1.50 bits per heavy atom. The summed E-state index contributed by atoms with van der Waals surface area (Å²) in [6.45, 7) is 0.485. The van der Waals surface area contributed by atoms with Gasteiger partial charge in [-0.05, 0) is 13.0 Å². The highest BCUT2D eigenvalue weighted by atomic mass is 16.7. The summed E-state index contributed by atoms with van der Waals surface area (Å²) in [4.78, 5) is 17.6. The van der Waals surface area contributed by atoms with Crippen LogP contribution < -0.4 is 17.2 Å². The van der Waals surface area contributed by atoms with Gasteiger partial charge in [0.25, 0.3) is 0 Å². The maximum atomic E-state index is 9.71. The van der Waals surface area contributed by atoms with Crippen LogP contribution >= 0.6 is 0 Å². The SMILES string of the molecule is NCCCC(N=C(N)N)ON=O. The van der Waals surface area contributed by atoms with Gasteiger partial charge < -0.3 is 22.0 Å². The van der Waals surface area contributed by atoms with Crippen molar-refractivity contribution >= 4 is 5.96 Å². The third-order valence-electron chi connectivity index (χ3n) is 1.11. The first kappa shape index (κ1) is 10.6. The van der Waals surface area contributed by atoms with E-state index in [-0.39, 0.29) is 5.96 Å². The number of guanidine groups is 1. The minimum absolute atomic E-state index is 0.138. The quantitative estimate of drug-likeness (QED) is 0.207. The van der Waals surface area contributed by atoms with Crippen LogP contribution in [0.15, 0.2) is 10.3 Å². The molecule has 7 nitrogen and oxygen atoms in total. The lowest BCUT2D eigenvalue weighted by atomic mass is 10.3. The zero-order valence-corrected chi connectivity index (χ0v) is 6.64. The third-order valence-corrected chi connectivity index (χ3v) is 1.11. The molecule has 0 aliphatic carbocycles. The molecule has 0 spiro atoms. The van der Waals surface area contributed by atoms with E-state index < -0.39 is 6.23 Å². The second-order valence-corrected chi connectivity index (χ2v) is 2.12. The van der Waals surface area contributed by atoms with Crippen molar-refractivity contribution in [2.75, 3.05) is 6.54 Å². The molecule has 6 N–H and O–H groups in total. The predicted octanol–water partition coefficient (Wildman–Crippen LogP) is -0.977. The summed E-state index contributed by atoms with van der Waals surface area (Å²) in [5.41, 5.74) is 15.4. The maximum absolute atomic E-state index is 9.71. The van der Waals surface area contributed by atoms with Gasteiger partial charge in [0.15, 0.2) is 11.3 Å². The van der Waals surface area contributed by atoms with E-state index in [1.807, 2.05) is 0 Å². The molecule has 0 saturated carbocycles. The molecule has 0 bridgehead atoms. The number of hydrogen-bond donors (Lipinski definition) is 3. The van der Waals surface area contributed by atoms with E-state index in [0.29, 0.717) is 19.4 Å². The highest BCUT2D eigenvalue weighted by Crippen LogP contribution is 2.02. The van der Waals surface area contributed by atoms with Crippen molar-refractivity contribution in [3.05, 3.63) is 4.91 Å². The van der Waals surface area contributed by atoms with Crippen molar-refractivity contribution in [3.63, 3.8) is 0 Å². The van der Waals surface area contributed by atoms with Gasteiger partial charge in [-0.3, -0.25) is 0 Å². The van der Waals surface area contributed by atoms with E-state index in [9.17, 15) is 4.91 Å². The van der Waals surface area contributed by atoms with Gasteiger partial charge in [-0.1, -0.05) is 0 Å². The van der Waals surface area contributed by atoms with Crippen molar-refractivity contribution in [2.45, 2.75) is 19.1 Å². The van der Waals surface area contributed by atoms with Crippen LogP contribution in [-0.4, -0.2) is 18.7 Å². The molecule has 0 heterocycles. The minimum Gasteiger partial charge on any atom is -0.370 e. The Labute approximate surface area is 69.9 Å². The van der Waals surface area contributed by atoms with Crippen molar-refractivity contribution in [3.8, 4) is 0 Å². The summed E-state index contributed by atoms with van der Waals surface area (Å²) in [5, 5.41) is 2.23. The largest absolute Gasteiger partial charge is 0.370 e. The summed E-state index contributed by atoms with van der Waals surface area (Å²) in [7, 11) is 0. The first-order chi connectivity index (χ1) is 5.70. The molecular weight excluding hydrogens is 162 g/mol. The lowest BCUT2D eigenvalue weighted by Gasteiger charge is -2.06. The lowest BCUT2D eigenvalue weighted by Crippen LogP contribution is -2.26. The zero-order chi connectivity index (χ0) is 9.40. The first-order valence-electron chi connectivity index (χ1n) is 3.48. The fourth-order valence-electron chi connectivity index (χ4n) is 0.649. The van der Waals surface area contributed by atoms with Crippen LogP contribution in [-0.2, 0) is 4.84 Å². The third kappa shape index (κ3) is 5.42. The molecule has 7 heteroatoms. The Bertz CT molecular complexity index is 156. The molecule has 1 unspecified atom stereocenters. The minimum atomic E-state index is -0.712. The maximum Gasteiger partial charge on any atom is 0.223 e. The second-order valence-electron chi connectivity index (χ2n) is 2.12. The molecule has 0 radical (unpaired) electrons. The van der Waals surface area contributed by atoms with Crippen molar-refractivity contribution in [2.24, 2.45) is 27.5 Å². The van der Waals surface area contributed by atoms with E-state index in [1.54, 1.807) is 0 Å². The molecule has 70 valence electrons. The van der Waals surface area contributed by atoms with E-state index >= 15 is 0 Å². The molecule has 0 fully saturated rings. The molecular formula is C5H13N5O2. The Balaban J connectivity index is 3.85. The van der Waals surface area contributed by atoms with Gasteiger partial charge in [0.2, 0.25) is 6.23 Å². The van der Waals surface area contributed by atoms with Gasteiger partial charge in [-0.2, -0.15) is 0 Å². The highest BCUT2D eigenvalue weighted by Gasteiger charge is 2.07. The van der Waals surface area contributed by atoms with Crippen LogP contribution in [0.5, 0.6) is 0 Å². The van der Waals surface area contributed by atoms with Gasteiger partial charge >= 0.3 is 0 Å². The fourth-order valence-corrected chi connectivity index (χ4v) is 0.649. The number of aliphatic imine (C=N–C) groups is 1. The lowest BCUT2D eigenvalue weighted by molar-refractivity contribution is 0.0547. The molecule has 0 rings (SSSR count). The fraction of sp³-hybridized carbons (Fsp3) is 0.800. The Kier molecular flexibility index (Phi) is 5.62. The summed E-state index contributed by atoms with van der Waals surface area (Å²) in [5.74, 6) is -0.138. The van der Waals surface area contributed by atoms with Gasteiger partial charge in [0.05, 0.1) is 0 Å². The molecule has 0 aromatic carbocycles. The molecule has 0 aromatic heterocycles. The number of rotatable bonds is 6. The van der Waals surface area contributed by atoms with Crippen LogP contribution in [0.2, 0.25) is 0 Å². The van der Waals surface area contributed by atoms with Gasteiger partial charge in [0.1, 0.15) is 0 Å². The molecule has 0 aliphatic heterocycles. The van der Waals surface area contributed by atoms with Crippen LogP contribution in [0.4, 0.5) is 0 Å². The van der Waals surface area contributed by atoms with Crippen molar-refractivity contribution in [1.82, 2.24) is 0 Å². The van der Waals surface area contributed by atoms with Crippen molar-refractivity contribution < 1.29 is 4.84 Å². The van der Waals surface area contributed by atoms with Gasteiger partial charge in [-0.15, -0.1) is 4.91 Å². The van der Waals surface area contributed by atoms with E-state index in [0.717, 1.165) is 0 Å². The summed E-state index contributed by atoms with van der Waals surface area (Å²) in [6, 6.07) is 0. The molecule has 0 saturated heterocycles. The van der Waals surface area contributed by atoms with Crippen LogP contribution in [0.1, 0.15) is 12.8 Å². The number of nitrogens with zero attached hydrogens (tertiary/aromatic N) is 2. The Morgan fingerprint density at radius 2 is 2.17 bits per heavy atom. The topological polar surface area (TPSA) is 129 Å². The summed E-state index contributed by atoms with van der Waals surface area (Å²) < 4.78 is 0. The summed E-state index contributed by atoms with van der Waals surface area (Å²) >= 11 is 0. The zero-order valence-electron chi connectivity index (χ0n) is 6.64. The van der Waals surface area contributed by atoms with Gasteiger partial charge in [-0.25, -0.2) is 4.99 Å². The van der Waals surface area contributed by atoms with E-state index in [2.05, 4.69) is 15.2 Å². The molecule has 1 atom stereocenters. The number of hydrogen-bond acceptors (Lipinski definition) is 5. The van der Waals surface area contributed by atoms with Gasteiger partial charge in [0, 0.05) is 6.42 Å². The molecule has 12 heavy (non-hydrogen) atoms. The van der Waals surface area contributed by atoms with Crippen LogP contribution in [0.3, 0.4) is 0 Å². The molecule has 0 aliphatic rings. The normalized spacial score (nSPS) is 11.8. The summed E-state index contributed by atoms with van der Waals surface area (Å²) in [6.07, 6.45) is 0.424. The van der Waals surface area contributed by atoms with Crippen LogP contribution in [0, 0.1) is 4.91 Å². The average molecular weight is 175 g/mol. The Hall–Kier alpha value is -1.37. The number of nitrogens with two attached hydrogens (primary N) is 3. The average Bonchev–Trinajstić information content (AvgIpc) is 2.00. The Morgan fingerprint density at radius 3 is 2.58 bits per heavy atom. The van der Waals surface area contributed by atoms with E-state index in [1.165, 1.54) is 0 Å². The standard InChI is InChI=1S/C5H13N5O2/c6-3-1-2-4(12-10-11)9-5(7)8/h4H,1-3,6H2,(H4,7,8,9). The molecule has 0 aromatic rings. The predicted molar refractivity (Wildman–Crippen MR) is 44.8 cm³/mol. The highest BCUT2D eigenvalue weighted by molar-refractivity contribution is 5.75. The van der Waals surface area contributed by atoms with Crippen molar-refractivity contribution in [1.29, 1.82) is 0 Å². The monoisotopic (exact) mass is 175 g/mol. The van der Waals surface area contributed by atoms with E-state index in [4.69, 9.17) is 17.2 Å². The smallest absolute Gasteiger partial charge is 0.223 e. The van der Waals surface area contributed by atoms with Crippen LogP contribution in [0.25, 0.3) is 0 Å². The second kappa shape index (κ2) is 6.35. The molecule has 0 amide bonds. The first-order valence-corrected chi connectivity index (χ1v) is 3.48.